The maximum absolute atomic E-state index is 4.56. The molecule has 6 nitrogen and oxygen atoms in total. The monoisotopic (exact) mass is 322 g/mol. The van der Waals surface area contributed by atoms with Gasteiger partial charge in [0.15, 0.2) is 5.82 Å². The van der Waals surface area contributed by atoms with Crippen molar-refractivity contribution in [1.29, 1.82) is 0 Å². The third-order valence-electron chi connectivity index (χ3n) is 3.96. The summed E-state index contributed by atoms with van der Waals surface area (Å²) in [6, 6.07) is 16.5. The number of aryl methyl sites for hydroxylation is 1. The van der Waals surface area contributed by atoms with E-state index in [-0.39, 0.29) is 6.04 Å². The number of hydrogen-bond donors (Lipinski definition) is 0. The standard InChI is InChI=1S/C18H22N6/c1-3-13-24-17(20-21-22-24)14-23(2)18(15-9-5-4-6-10-15)16-11-7-8-12-19-16/h4-12,18H,3,13-14H2,1-2H3. The molecule has 124 valence electrons. The zero-order valence-electron chi connectivity index (χ0n) is 14.1. The van der Waals surface area contributed by atoms with Gasteiger partial charge in [-0.2, -0.15) is 0 Å². The molecule has 0 N–H and O–H groups in total. The highest BCUT2D eigenvalue weighted by molar-refractivity contribution is 5.27. The van der Waals surface area contributed by atoms with Crippen LogP contribution in [0.1, 0.15) is 36.5 Å². The number of nitrogens with zero attached hydrogens (tertiary/aromatic N) is 6. The number of pyridine rings is 1. The van der Waals surface area contributed by atoms with Gasteiger partial charge in [-0.05, 0) is 41.6 Å². The lowest BCUT2D eigenvalue weighted by atomic mass is 10.0. The van der Waals surface area contributed by atoms with E-state index < -0.39 is 0 Å². The van der Waals surface area contributed by atoms with Gasteiger partial charge in [-0.25, -0.2) is 4.68 Å². The van der Waals surface area contributed by atoms with Crippen LogP contribution in [0.25, 0.3) is 0 Å². The number of rotatable bonds is 7. The molecule has 2 aromatic heterocycles. The van der Waals surface area contributed by atoms with E-state index in [0.717, 1.165) is 24.5 Å². The molecule has 3 rings (SSSR count). The molecule has 0 fully saturated rings. The van der Waals surface area contributed by atoms with Crippen LogP contribution < -0.4 is 0 Å². The Bertz CT molecular complexity index is 701. The van der Waals surface area contributed by atoms with Crippen molar-refractivity contribution in [2.45, 2.75) is 32.5 Å². The molecule has 0 aliphatic rings. The number of benzene rings is 1. The zero-order chi connectivity index (χ0) is 16.8. The third-order valence-corrected chi connectivity index (χ3v) is 3.96. The first-order valence-electron chi connectivity index (χ1n) is 8.20. The molecule has 3 aromatic rings. The first-order valence-corrected chi connectivity index (χ1v) is 8.20. The number of hydrogen-bond acceptors (Lipinski definition) is 5. The molecule has 0 spiro atoms. The van der Waals surface area contributed by atoms with Crippen molar-refractivity contribution in [1.82, 2.24) is 30.1 Å². The van der Waals surface area contributed by atoms with E-state index in [1.165, 1.54) is 5.56 Å². The van der Waals surface area contributed by atoms with Crippen LogP contribution in [0.4, 0.5) is 0 Å². The highest BCUT2D eigenvalue weighted by atomic mass is 15.5. The smallest absolute Gasteiger partial charge is 0.165 e. The average Bonchev–Trinajstić information content (AvgIpc) is 3.04. The van der Waals surface area contributed by atoms with Gasteiger partial charge in [0.2, 0.25) is 0 Å². The minimum atomic E-state index is 0.0548. The molecule has 2 heterocycles. The van der Waals surface area contributed by atoms with E-state index in [4.69, 9.17) is 0 Å². The van der Waals surface area contributed by atoms with Crippen LogP contribution in [-0.2, 0) is 13.1 Å². The van der Waals surface area contributed by atoms with Gasteiger partial charge in [0, 0.05) is 12.7 Å². The molecule has 24 heavy (non-hydrogen) atoms. The summed E-state index contributed by atoms with van der Waals surface area (Å²) in [4.78, 5) is 6.80. The topological polar surface area (TPSA) is 59.7 Å². The van der Waals surface area contributed by atoms with Gasteiger partial charge in [-0.15, -0.1) is 5.10 Å². The molecule has 0 radical (unpaired) electrons. The summed E-state index contributed by atoms with van der Waals surface area (Å²) < 4.78 is 1.87. The van der Waals surface area contributed by atoms with Crippen molar-refractivity contribution in [3.63, 3.8) is 0 Å². The third kappa shape index (κ3) is 3.65. The van der Waals surface area contributed by atoms with Gasteiger partial charge >= 0.3 is 0 Å². The summed E-state index contributed by atoms with van der Waals surface area (Å²) >= 11 is 0. The molecule has 6 heteroatoms. The lowest BCUT2D eigenvalue weighted by molar-refractivity contribution is 0.253. The average molecular weight is 322 g/mol. The highest BCUT2D eigenvalue weighted by Gasteiger charge is 2.22. The van der Waals surface area contributed by atoms with E-state index in [1.54, 1.807) is 0 Å². The zero-order valence-corrected chi connectivity index (χ0v) is 14.1. The predicted molar refractivity (Wildman–Crippen MR) is 92.1 cm³/mol. The second-order valence-corrected chi connectivity index (χ2v) is 5.80. The van der Waals surface area contributed by atoms with Crippen LogP contribution in [0.15, 0.2) is 54.7 Å². The summed E-state index contributed by atoms with van der Waals surface area (Å²) in [5.41, 5.74) is 2.22. The van der Waals surface area contributed by atoms with E-state index >= 15 is 0 Å². The van der Waals surface area contributed by atoms with Gasteiger partial charge in [0.05, 0.1) is 18.3 Å². The fourth-order valence-corrected chi connectivity index (χ4v) is 2.86. The fourth-order valence-electron chi connectivity index (χ4n) is 2.86. The molecule has 1 atom stereocenters. The predicted octanol–water partition coefficient (Wildman–Crippen LogP) is 2.70. The summed E-state index contributed by atoms with van der Waals surface area (Å²) in [5.74, 6) is 0.871. The first kappa shape index (κ1) is 16.3. The summed E-state index contributed by atoms with van der Waals surface area (Å²) in [6.07, 6.45) is 2.84. The normalized spacial score (nSPS) is 12.5. The molecule has 0 saturated heterocycles. The molecule has 0 saturated carbocycles. The van der Waals surface area contributed by atoms with Gasteiger partial charge in [-0.1, -0.05) is 43.3 Å². The summed E-state index contributed by atoms with van der Waals surface area (Å²) in [6.45, 7) is 3.61. The second-order valence-electron chi connectivity index (χ2n) is 5.80. The Morgan fingerprint density at radius 1 is 1.08 bits per heavy atom. The van der Waals surface area contributed by atoms with Crippen LogP contribution in [0.3, 0.4) is 0 Å². The fraction of sp³-hybridized carbons (Fsp3) is 0.333. The van der Waals surface area contributed by atoms with Crippen LogP contribution in [0, 0.1) is 0 Å². The molecule has 1 aromatic carbocycles. The highest BCUT2D eigenvalue weighted by Crippen LogP contribution is 2.26. The number of aromatic nitrogens is 5. The van der Waals surface area contributed by atoms with Gasteiger partial charge in [-0.3, -0.25) is 9.88 Å². The van der Waals surface area contributed by atoms with Crippen molar-refractivity contribution >= 4 is 0 Å². The minimum absolute atomic E-state index is 0.0548. The molecule has 0 amide bonds. The Morgan fingerprint density at radius 3 is 2.58 bits per heavy atom. The lowest BCUT2D eigenvalue weighted by Gasteiger charge is -2.27. The first-order chi connectivity index (χ1) is 11.8. The maximum Gasteiger partial charge on any atom is 0.165 e. The van der Waals surface area contributed by atoms with Crippen LogP contribution in [0.5, 0.6) is 0 Å². The molecule has 0 aliphatic heterocycles. The van der Waals surface area contributed by atoms with E-state index in [9.17, 15) is 0 Å². The number of tetrazole rings is 1. The minimum Gasteiger partial charge on any atom is -0.287 e. The quantitative estimate of drug-likeness (QED) is 0.669. The van der Waals surface area contributed by atoms with E-state index in [0.29, 0.717) is 6.54 Å². The Hall–Kier alpha value is -2.60. The largest absolute Gasteiger partial charge is 0.287 e. The Morgan fingerprint density at radius 2 is 1.88 bits per heavy atom. The molecular weight excluding hydrogens is 300 g/mol. The van der Waals surface area contributed by atoms with Gasteiger partial charge in [0.1, 0.15) is 0 Å². The van der Waals surface area contributed by atoms with E-state index in [2.05, 4.69) is 69.7 Å². The van der Waals surface area contributed by atoms with E-state index in [1.807, 2.05) is 29.1 Å². The van der Waals surface area contributed by atoms with Crippen molar-refractivity contribution in [3.05, 3.63) is 71.8 Å². The molecule has 0 aliphatic carbocycles. The Labute approximate surface area is 142 Å². The van der Waals surface area contributed by atoms with Crippen molar-refractivity contribution in [2.24, 2.45) is 0 Å². The SMILES string of the molecule is CCCn1nnnc1CN(C)C(c1ccccc1)c1ccccn1. The molecule has 0 bridgehead atoms. The summed E-state index contributed by atoms with van der Waals surface area (Å²) in [7, 11) is 2.08. The van der Waals surface area contributed by atoms with Crippen LogP contribution in [-0.4, -0.2) is 37.1 Å². The molecular formula is C18H22N6. The Kier molecular flexibility index (Phi) is 5.28. The molecule has 1 unspecified atom stereocenters. The van der Waals surface area contributed by atoms with Crippen LogP contribution >= 0.6 is 0 Å². The van der Waals surface area contributed by atoms with Gasteiger partial charge < -0.3 is 0 Å². The van der Waals surface area contributed by atoms with Crippen molar-refractivity contribution in [3.8, 4) is 0 Å². The Balaban J connectivity index is 1.89. The second kappa shape index (κ2) is 7.79. The maximum atomic E-state index is 4.56. The van der Waals surface area contributed by atoms with Crippen molar-refractivity contribution in [2.75, 3.05) is 7.05 Å². The van der Waals surface area contributed by atoms with Crippen LogP contribution in [0.2, 0.25) is 0 Å². The van der Waals surface area contributed by atoms with Gasteiger partial charge in [0.25, 0.3) is 0 Å². The van der Waals surface area contributed by atoms with Crippen molar-refractivity contribution < 1.29 is 0 Å². The summed E-state index contributed by atoms with van der Waals surface area (Å²) in [5, 5.41) is 12.1. The lowest BCUT2D eigenvalue weighted by Crippen LogP contribution is -2.27.